The Bertz CT molecular complexity index is 4210. The van der Waals surface area contributed by atoms with Crippen LogP contribution in [0, 0.1) is 29.2 Å². The molecular weight excluding hydrogens is 1590 g/mol. The van der Waals surface area contributed by atoms with Gasteiger partial charge in [0.1, 0.15) is 30.3 Å². The molecule has 1 saturated heterocycles. The van der Waals surface area contributed by atoms with Crippen molar-refractivity contribution in [3.63, 3.8) is 0 Å². The number of ether oxygens (including phenoxy) is 10. The number of nitrogens with two attached hydrogens (primary N) is 2. The lowest BCUT2D eigenvalue weighted by Gasteiger charge is -2.38. The molecular formula is C75H102F4N12O24S2. The van der Waals surface area contributed by atoms with Crippen molar-refractivity contribution >= 4 is 97.0 Å². The predicted molar refractivity (Wildman–Crippen MR) is 414 cm³/mol. The Kier molecular flexibility index (Phi) is 42.1. The molecule has 2 aliphatic heterocycles. The monoisotopic (exact) mass is 1690 g/mol. The van der Waals surface area contributed by atoms with Gasteiger partial charge in [-0.05, 0) is 78.8 Å². The van der Waals surface area contributed by atoms with Gasteiger partial charge in [-0.3, -0.25) is 38.1 Å². The van der Waals surface area contributed by atoms with E-state index in [0.29, 0.717) is 52.6 Å². The van der Waals surface area contributed by atoms with E-state index < -0.39 is 128 Å². The molecule has 12 N–H and O–H groups in total. The zero-order chi connectivity index (χ0) is 85.1. The van der Waals surface area contributed by atoms with Gasteiger partial charge in [0.05, 0.1) is 129 Å². The van der Waals surface area contributed by atoms with Crippen LogP contribution < -0.4 is 53.4 Å². The number of nitrogens with one attached hydrogen (secondary N) is 7. The van der Waals surface area contributed by atoms with Crippen LogP contribution in [0.2, 0.25) is 0 Å². The van der Waals surface area contributed by atoms with Crippen molar-refractivity contribution < 1.29 is 129 Å². The highest BCUT2D eigenvalue weighted by Gasteiger charge is 2.37. The summed E-state index contributed by atoms with van der Waals surface area (Å²) < 4.78 is 168. The third-order valence-electron chi connectivity index (χ3n) is 17.0. The fraction of sp³-hybridized carbons (Fsp3) is 0.520. The first kappa shape index (κ1) is 96.0. The van der Waals surface area contributed by atoms with Crippen LogP contribution in [0.3, 0.4) is 0 Å². The number of hydrogen-bond donors (Lipinski definition) is 10. The van der Waals surface area contributed by atoms with E-state index in [1.165, 1.54) is 10.4 Å². The molecule has 646 valence electrons. The molecule has 4 aromatic carbocycles. The summed E-state index contributed by atoms with van der Waals surface area (Å²) >= 11 is 0. The average molecular weight is 1700 g/mol. The van der Waals surface area contributed by atoms with Crippen LogP contribution >= 0.6 is 0 Å². The maximum Gasteiger partial charge on any atom is 0.407 e. The van der Waals surface area contributed by atoms with E-state index in [-0.39, 0.29) is 200 Å². The minimum atomic E-state index is -4.72. The van der Waals surface area contributed by atoms with Crippen molar-refractivity contribution in [2.75, 3.05) is 169 Å². The molecule has 0 unspecified atom stereocenters. The Morgan fingerprint density at radius 2 is 1.17 bits per heavy atom. The molecule has 1 fully saturated rings. The minimum absolute atomic E-state index is 0.000240. The summed E-state index contributed by atoms with van der Waals surface area (Å²) in [6.07, 6.45) is 2.29. The molecule has 0 bridgehead atoms. The smallest absolute Gasteiger partial charge is 0.407 e. The van der Waals surface area contributed by atoms with Crippen molar-refractivity contribution in [2.24, 2.45) is 22.4 Å². The number of fused-ring (bicyclic) bond motifs is 1. The number of esters is 1. The van der Waals surface area contributed by atoms with E-state index in [4.69, 9.17) is 54.1 Å². The number of aliphatic imine (C=N–C) groups is 1. The zero-order valence-electron chi connectivity index (χ0n) is 64.9. The fourth-order valence-corrected chi connectivity index (χ4v) is 13.4. The number of carbonyl (C=O) groups excluding carboxylic acids is 9. The van der Waals surface area contributed by atoms with Crippen LogP contribution in [-0.4, -0.2) is 266 Å². The number of primary amides is 1. The van der Waals surface area contributed by atoms with Gasteiger partial charge in [-0.1, -0.05) is 50.2 Å². The summed E-state index contributed by atoms with van der Waals surface area (Å²) in [5, 5.41) is 17.5. The molecule has 2 atom stereocenters. The number of amides is 9. The van der Waals surface area contributed by atoms with Crippen LogP contribution in [0.5, 0.6) is 5.75 Å². The summed E-state index contributed by atoms with van der Waals surface area (Å²) in [6.45, 7) is 6.26. The maximum atomic E-state index is 13.8. The SMILES string of the molecule is CCCN(CCC)C(=O)C1=Cc2ccc(-c3cccc(S(=O)(=O)N4CC(CNC(=O)OCc5ccc(NC(=O)[C@H](CCCNC(N)=O)NC(=O)CNC(=O)CCOCCOCCNC(=O)[C@H](CS(=O)(=O)O)NC(=O)CCOCCOCCOCCOCCOCCOCCC(=O)Oc6c(F)c(F)cc(F)c6F)cc5)C4)c3)cc2N=C(N)C1. The topological polar surface area (TPSA) is 490 Å². The van der Waals surface area contributed by atoms with Crippen molar-refractivity contribution in [1.82, 2.24) is 41.1 Å². The minimum Gasteiger partial charge on any atom is -0.445 e. The van der Waals surface area contributed by atoms with Gasteiger partial charge in [0.15, 0.2) is 11.6 Å². The van der Waals surface area contributed by atoms with Crippen LogP contribution in [0.25, 0.3) is 17.2 Å². The van der Waals surface area contributed by atoms with Gasteiger partial charge in [0.25, 0.3) is 10.1 Å². The normalized spacial score (nSPS) is 13.4. The quantitative estimate of drug-likeness (QED) is 0.00757. The van der Waals surface area contributed by atoms with E-state index >= 15 is 0 Å². The number of carbonyl (C=O) groups is 9. The lowest BCUT2D eigenvalue weighted by Crippen LogP contribution is -2.53. The number of rotatable bonds is 56. The Balaban J connectivity index is 0.765. The number of nitrogens with zero attached hydrogens (tertiary/aromatic N) is 3. The summed E-state index contributed by atoms with van der Waals surface area (Å²) in [6, 6.07) is 14.8. The van der Waals surface area contributed by atoms with Crippen LogP contribution in [0.4, 0.5) is 38.5 Å². The Labute approximate surface area is 674 Å². The first-order valence-electron chi connectivity index (χ1n) is 37.7. The largest absolute Gasteiger partial charge is 0.445 e. The zero-order valence-corrected chi connectivity index (χ0v) is 66.6. The Morgan fingerprint density at radius 1 is 0.615 bits per heavy atom. The predicted octanol–water partition coefficient (Wildman–Crippen LogP) is 3.27. The van der Waals surface area contributed by atoms with Crippen molar-refractivity contribution in [2.45, 2.75) is 88.8 Å². The van der Waals surface area contributed by atoms with Crippen molar-refractivity contribution in [3.05, 3.63) is 113 Å². The molecule has 0 aliphatic carbocycles. The molecule has 4 aromatic rings. The van der Waals surface area contributed by atoms with Gasteiger partial charge in [-0.25, -0.2) is 31.8 Å². The summed E-state index contributed by atoms with van der Waals surface area (Å²) in [4.78, 5) is 120. The Morgan fingerprint density at radius 3 is 1.75 bits per heavy atom. The number of benzene rings is 4. The first-order chi connectivity index (χ1) is 56.0. The standard InChI is InChI=1S/C75H102F4N12O24S2/c1-3-21-90(22-4-2)73(98)55-39-54-13-12-53(41-61(54)87-63(80)42-55)52-7-5-8-57(40-52)117(104,105)91-46-51(47-91)44-85-75(100)114-48-50-10-14-56(15-11-50)86-72(97)60(9-6-19-83-74(81)99)88-66(94)45-84-64(92)16-23-106-27-30-109-26-20-82-71(96)62(49-116(101,102)103)89-65(93)17-24-107-28-31-110-33-35-112-37-38-113-36-34-111-32-29-108-25-18-67(95)115-70-68(78)58(76)43-59(77)69(70)79/h5,7-8,10-15,39-41,43,51,60,62H,3-4,6,9,16-38,42,44-49H2,1-2H3,(H2,80,87)(H,82,96)(H,84,92)(H,85,100)(H,86,97)(H,88,94)(H,89,93)(H3,81,83,99)(H,101,102,103)/t60-,62-/m0/s1. The van der Waals surface area contributed by atoms with Crippen molar-refractivity contribution in [1.29, 1.82) is 0 Å². The highest BCUT2D eigenvalue weighted by atomic mass is 32.2. The molecule has 0 radical (unpaired) electrons. The van der Waals surface area contributed by atoms with Gasteiger partial charge in [0, 0.05) is 93.9 Å². The van der Waals surface area contributed by atoms with Gasteiger partial charge in [-0.2, -0.15) is 21.5 Å². The molecule has 2 aliphatic rings. The molecule has 0 aromatic heterocycles. The highest BCUT2D eigenvalue weighted by molar-refractivity contribution is 7.89. The van der Waals surface area contributed by atoms with Gasteiger partial charge < -0.3 is 101 Å². The number of anilines is 1. The first-order valence-corrected chi connectivity index (χ1v) is 40.7. The van der Waals surface area contributed by atoms with Crippen LogP contribution in [-0.2, 0) is 103 Å². The second kappa shape index (κ2) is 51.4. The van der Waals surface area contributed by atoms with Crippen LogP contribution in [0.15, 0.2) is 88.3 Å². The number of sulfonamides is 1. The summed E-state index contributed by atoms with van der Waals surface area (Å²) in [7, 11) is -8.63. The van der Waals surface area contributed by atoms with E-state index in [1.807, 2.05) is 43.0 Å². The second-order valence-corrected chi connectivity index (χ2v) is 29.7. The fourth-order valence-electron chi connectivity index (χ4n) is 11.1. The summed E-state index contributed by atoms with van der Waals surface area (Å²) in [5.41, 5.74) is 15.5. The number of alkyl carbamates (subject to hydrolysis) is 1. The molecule has 2 heterocycles. The molecule has 9 amide bonds. The lowest BCUT2D eigenvalue weighted by molar-refractivity contribution is -0.136. The van der Waals surface area contributed by atoms with E-state index in [9.17, 15) is 82.1 Å². The van der Waals surface area contributed by atoms with Crippen LogP contribution in [0.1, 0.15) is 76.3 Å². The van der Waals surface area contributed by atoms with E-state index in [1.54, 1.807) is 42.5 Å². The molecule has 42 heteroatoms. The van der Waals surface area contributed by atoms with Gasteiger partial charge in [-0.15, -0.1) is 0 Å². The third kappa shape index (κ3) is 35.9. The lowest BCUT2D eigenvalue weighted by atomic mass is 10.0. The molecule has 117 heavy (non-hydrogen) atoms. The van der Waals surface area contributed by atoms with E-state index in [2.05, 4.69) is 46.9 Å². The number of amidine groups is 1. The third-order valence-corrected chi connectivity index (χ3v) is 19.5. The number of halogens is 4. The molecule has 0 saturated carbocycles. The second-order valence-electron chi connectivity index (χ2n) is 26.3. The molecule has 36 nitrogen and oxygen atoms in total. The number of hydrogen-bond acceptors (Lipinski definition) is 25. The van der Waals surface area contributed by atoms with E-state index in [0.717, 1.165) is 18.4 Å². The Hall–Kier alpha value is -9.86. The highest BCUT2D eigenvalue weighted by Crippen LogP contribution is 2.35. The molecule has 0 spiro atoms. The van der Waals surface area contributed by atoms with Gasteiger partial charge in [0.2, 0.25) is 62.9 Å². The number of urea groups is 1. The van der Waals surface area contributed by atoms with Gasteiger partial charge >= 0.3 is 18.1 Å². The summed E-state index contributed by atoms with van der Waals surface area (Å²) in [5.74, 6) is -14.5. The maximum absolute atomic E-state index is 13.8. The van der Waals surface area contributed by atoms with Crippen molar-refractivity contribution in [3.8, 4) is 16.9 Å². The molecule has 6 rings (SSSR count). The average Bonchev–Trinajstić information content (AvgIpc) is 1.73.